The van der Waals surface area contributed by atoms with E-state index in [0.29, 0.717) is 31.2 Å². The first-order valence-electron chi connectivity index (χ1n) is 10.3. The van der Waals surface area contributed by atoms with Gasteiger partial charge >= 0.3 is 0 Å². The molecule has 0 aliphatic carbocycles. The first kappa shape index (κ1) is 20.3. The number of hydrogen-bond donors (Lipinski definition) is 2. The van der Waals surface area contributed by atoms with Crippen LogP contribution in [0.2, 0.25) is 0 Å². The van der Waals surface area contributed by atoms with E-state index in [9.17, 15) is 13.2 Å². The van der Waals surface area contributed by atoms with Gasteiger partial charge in [0.05, 0.1) is 24.5 Å². The van der Waals surface area contributed by atoms with Crippen LogP contribution < -0.4 is 10.2 Å². The van der Waals surface area contributed by atoms with Gasteiger partial charge in [-0.1, -0.05) is 12.8 Å². The molecule has 2 aliphatic rings. The second-order valence-electron chi connectivity index (χ2n) is 7.65. The highest BCUT2D eigenvalue weighted by molar-refractivity contribution is 7.89. The van der Waals surface area contributed by atoms with Crippen LogP contribution in [0, 0.1) is 0 Å². The zero-order valence-electron chi connectivity index (χ0n) is 16.2. The maximum atomic E-state index is 12.8. The average molecular weight is 395 g/mol. The number of carbonyl (C=O) groups is 1. The largest absolute Gasteiger partial charge is 0.346 e. The summed E-state index contributed by atoms with van der Waals surface area (Å²) in [6.45, 7) is 6.29. The van der Waals surface area contributed by atoms with Gasteiger partial charge < -0.3 is 10.2 Å². The number of hydrogen-bond acceptors (Lipinski definition) is 3. The molecule has 0 saturated carbocycles. The van der Waals surface area contributed by atoms with Crippen molar-refractivity contribution in [3.63, 3.8) is 0 Å². The topological polar surface area (TPSA) is 70.9 Å². The van der Waals surface area contributed by atoms with Gasteiger partial charge in [-0.05, 0) is 44.0 Å². The summed E-state index contributed by atoms with van der Waals surface area (Å²) in [5.41, 5.74) is 0.515. The van der Waals surface area contributed by atoms with Crippen molar-refractivity contribution in [2.75, 3.05) is 32.7 Å². The summed E-state index contributed by atoms with van der Waals surface area (Å²) in [7, 11) is -3.47. The lowest BCUT2D eigenvalue weighted by atomic mass is 10.2. The number of rotatable bonds is 6. The zero-order chi connectivity index (χ0) is 19.3. The molecule has 0 radical (unpaired) electrons. The molecule has 6 nitrogen and oxygen atoms in total. The van der Waals surface area contributed by atoms with E-state index < -0.39 is 10.0 Å². The Hall–Kier alpha value is -1.44. The van der Waals surface area contributed by atoms with E-state index in [0.717, 1.165) is 38.6 Å². The second-order valence-corrected chi connectivity index (χ2v) is 9.59. The third-order valence-corrected chi connectivity index (χ3v) is 7.82. The molecule has 0 aromatic heterocycles. The van der Waals surface area contributed by atoms with Crippen LogP contribution in [0.1, 0.15) is 55.8 Å². The summed E-state index contributed by atoms with van der Waals surface area (Å²) in [6.07, 6.45) is 6.37. The number of likely N-dealkylation sites (tertiary alicyclic amines) is 1. The van der Waals surface area contributed by atoms with Crippen LogP contribution in [-0.2, 0) is 10.0 Å². The smallest absolute Gasteiger partial charge is 0.251 e. The Morgan fingerprint density at radius 2 is 1.78 bits per heavy atom. The third-order valence-electron chi connectivity index (χ3n) is 5.91. The molecule has 2 heterocycles. The Balaban J connectivity index is 1.61. The molecule has 1 unspecified atom stereocenters. The minimum atomic E-state index is -3.47. The zero-order valence-corrected chi connectivity index (χ0v) is 17.1. The highest BCUT2D eigenvalue weighted by Gasteiger charge is 2.28. The fourth-order valence-electron chi connectivity index (χ4n) is 4.22. The fraction of sp³-hybridized carbons (Fsp3) is 0.650. The Bertz CT molecular complexity index is 725. The van der Waals surface area contributed by atoms with Crippen LogP contribution in [-0.4, -0.2) is 57.4 Å². The molecule has 150 valence electrons. The lowest BCUT2D eigenvalue weighted by molar-refractivity contribution is -0.909. The molecule has 1 aromatic carbocycles. The molecule has 2 saturated heterocycles. The maximum Gasteiger partial charge on any atom is 0.251 e. The number of nitrogens with one attached hydrogen (secondary N) is 2. The molecule has 1 amide bonds. The molecule has 0 spiro atoms. The Kier molecular flexibility index (Phi) is 6.89. The fourth-order valence-corrected chi connectivity index (χ4v) is 5.74. The van der Waals surface area contributed by atoms with Crippen LogP contribution in [0.3, 0.4) is 0 Å². The maximum absolute atomic E-state index is 12.8. The molecule has 2 aliphatic heterocycles. The van der Waals surface area contributed by atoms with Crippen molar-refractivity contribution in [2.45, 2.75) is 56.4 Å². The van der Waals surface area contributed by atoms with Crippen molar-refractivity contribution in [2.24, 2.45) is 0 Å². The minimum Gasteiger partial charge on any atom is -0.346 e. The highest BCUT2D eigenvalue weighted by atomic mass is 32.2. The molecule has 7 heteroatoms. The number of nitrogens with zero attached hydrogens (tertiary/aromatic N) is 1. The number of likely N-dealkylation sites (N-methyl/N-ethyl adjacent to an activating group) is 1. The van der Waals surface area contributed by atoms with E-state index in [4.69, 9.17) is 0 Å². The SMILES string of the molecule is CC[NH+]1CCC[C@H]1CNC(=O)c1ccc(S(=O)(=O)N2CCCCCC2)cc1. The van der Waals surface area contributed by atoms with Gasteiger partial charge in [0, 0.05) is 31.5 Å². The van der Waals surface area contributed by atoms with E-state index in [1.165, 1.54) is 13.0 Å². The summed E-state index contributed by atoms with van der Waals surface area (Å²) in [4.78, 5) is 14.3. The standard InChI is InChI=1S/C20H31N3O3S/c1-2-22-13-7-8-18(22)16-21-20(24)17-9-11-19(12-10-17)27(25,26)23-14-5-3-4-6-15-23/h9-12,18H,2-8,13-16H2,1H3,(H,21,24)/p+1/t18-/m0/s1. The van der Waals surface area contributed by atoms with Gasteiger partial charge in [-0.3, -0.25) is 4.79 Å². The molecular formula is C20H32N3O3S+. The lowest BCUT2D eigenvalue weighted by Gasteiger charge is -2.20. The summed E-state index contributed by atoms with van der Waals surface area (Å²) in [5, 5.41) is 3.02. The van der Waals surface area contributed by atoms with Crippen molar-refractivity contribution in [1.82, 2.24) is 9.62 Å². The molecule has 27 heavy (non-hydrogen) atoms. The van der Waals surface area contributed by atoms with E-state index in [1.807, 2.05) is 0 Å². The van der Waals surface area contributed by atoms with Crippen molar-refractivity contribution in [3.05, 3.63) is 29.8 Å². The van der Waals surface area contributed by atoms with Gasteiger partial charge in [0.2, 0.25) is 10.0 Å². The molecule has 2 fully saturated rings. The summed E-state index contributed by atoms with van der Waals surface area (Å²) in [5.74, 6) is -0.129. The lowest BCUT2D eigenvalue weighted by Crippen LogP contribution is -3.14. The summed E-state index contributed by atoms with van der Waals surface area (Å²) < 4.78 is 27.2. The van der Waals surface area contributed by atoms with Crippen LogP contribution in [0.15, 0.2) is 29.2 Å². The minimum absolute atomic E-state index is 0.129. The quantitative estimate of drug-likeness (QED) is 0.758. The average Bonchev–Trinajstić information content (AvgIpc) is 2.95. The molecule has 1 aromatic rings. The molecule has 3 rings (SSSR count). The van der Waals surface area contributed by atoms with Gasteiger partial charge in [-0.15, -0.1) is 0 Å². The number of benzene rings is 1. The first-order valence-corrected chi connectivity index (χ1v) is 11.7. The van der Waals surface area contributed by atoms with Crippen molar-refractivity contribution in [3.8, 4) is 0 Å². The van der Waals surface area contributed by atoms with Gasteiger partial charge in [-0.25, -0.2) is 8.42 Å². The van der Waals surface area contributed by atoms with Crippen LogP contribution in [0.4, 0.5) is 0 Å². The first-order chi connectivity index (χ1) is 13.0. The van der Waals surface area contributed by atoms with Gasteiger partial charge in [0.1, 0.15) is 6.04 Å². The normalized spacial score (nSPS) is 24.5. The number of amides is 1. The summed E-state index contributed by atoms with van der Waals surface area (Å²) >= 11 is 0. The number of quaternary nitrogens is 1. The Morgan fingerprint density at radius 1 is 1.11 bits per heavy atom. The number of carbonyl (C=O) groups excluding carboxylic acids is 1. The predicted molar refractivity (Wildman–Crippen MR) is 105 cm³/mol. The second kappa shape index (κ2) is 9.17. The van der Waals surface area contributed by atoms with Crippen LogP contribution >= 0.6 is 0 Å². The molecule has 2 N–H and O–H groups in total. The van der Waals surface area contributed by atoms with Crippen molar-refractivity contribution < 1.29 is 18.1 Å². The summed E-state index contributed by atoms with van der Waals surface area (Å²) in [6, 6.07) is 6.86. The van der Waals surface area contributed by atoms with Gasteiger partial charge in [0.15, 0.2) is 0 Å². The van der Waals surface area contributed by atoms with E-state index >= 15 is 0 Å². The molecule has 2 atom stereocenters. The van der Waals surface area contributed by atoms with E-state index in [1.54, 1.807) is 33.5 Å². The highest BCUT2D eigenvalue weighted by Crippen LogP contribution is 2.20. The number of sulfonamides is 1. The molecular weight excluding hydrogens is 362 g/mol. The van der Waals surface area contributed by atoms with E-state index in [-0.39, 0.29) is 10.8 Å². The van der Waals surface area contributed by atoms with Crippen LogP contribution in [0.5, 0.6) is 0 Å². The Morgan fingerprint density at radius 3 is 2.41 bits per heavy atom. The van der Waals surface area contributed by atoms with Gasteiger partial charge in [0.25, 0.3) is 5.91 Å². The third kappa shape index (κ3) is 4.89. The van der Waals surface area contributed by atoms with E-state index in [2.05, 4.69) is 12.2 Å². The predicted octanol–water partition coefficient (Wildman–Crippen LogP) is 1.05. The van der Waals surface area contributed by atoms with Crippen molar-refractivity contribution in [1.29, 1.82) is 0 Å². The Labute approximate surface area is 163 Å². The monoisotopic (exact) mass is 394 g/mol. The van der Waals surface area contributed by atoms with Crippen LogP contribution in [0.25, 0.3) is 0 Å². The van der Waals surface area contributed by atoms with Crippen molar-refractivity contribution >= 4 is 15.9 Å². The van der Waals surface area contributed by atoms with Gasteiger partial charge in [-0.2, -0.15) is 4.31 Å². The molecule has 0 bridgehead atoms.